The fourth-order valence-corrected chi connectivity index (χ4v) is 3.61. The minimum absolute atomic E-state index is 0.0135. The van der Waals surface area contributed by atoms with E-state index in [1.807, 2.05) is 13.0 Å². The van der Waals surface area contributed by atoms with Gasteiger partial charge >= 0.3 is 6.01 Å². The van der Waals surface area contributed by atoms with Crippen LogP contribution >= 0.6 is 0 Å². The average molecular weight is 457 g/mol. The molecule has 4 rings (SSSR count). The zero-order valence-corrected chi connectivity index (χ0v) is 18.3. The highest BCUT2D eigenvalue weighted by atomic mass is 19.3. The Morgan fingerprint density at radius 1 is 1.18 bits per heavy atom. The molecule has 8 nitrogen and oxygen atoms in total. The van der Waals surface area contributed by atoms with Gasteiger partial charge in [0.2, 0.25) is 0 Å². The van der Waals surface area contributed by atoms with Crippen molar-refractivity contribution in [1.82, 2.24) is 20.4 Å². The molecule has 0 aliphatic carbocycles. The number of amides is 1. The molecule has 0 atom stereocenters. The van der Waals surface area contributed by atoms with E-state index in [0.29, 0.717) is 11.3 Å². The first-order valence-corrected chi connectivity index (χ1v) is 10.8. The molecule has 3 heterocycles. The Balaban J connectivity index is 1.33. The van der Waals surface area contributed by atoms with Gasteiger partial charge in [-0.3, -0.25) is 4.79 Å². The van der Waals surface area contributed by atoms with Crippen LogP contribution in [0.2, 0.25) is 0 Å². The Hall–Kier alpha value is -3.56. The van der Waals surface area contributed by atoms with Crippen LogP contribution in [0.3, 0.4) is 0 Å². The van der Waals surface area contributed by atoms with Crippen LogP contribution in [0.25, 0.3) is 0 Å². The number of nitrogens with zero attached hydrogens (tertiary/aromatic N) is 4. The molecule has 1 aliphatic rings. The molecule has 1 N–H and O–H groups in total. The largest absolute Gasteiger partial charge is 0.455 e. The molecule has 0 spiro atoms. The van der Waals surface area contributed by atoms with Gasteiger partial charge in [-0.05, 0) is 37.8 Å². The normalized spacial score (nSPS) is 13.9. The molecule has 174 valence electrons. The molecule has 1 fully saturated rings. The monoisotopic (exact) mass is 457 g/mol. The van der Waals surface area contributed by atoms with Gasteiger partial charge in [0.05, 0.1) is 0 Å². The van der Waals surface area contributed by atoms with Crippen molar-refractivity contribution in [2.45, 2.75) is 45.8 Å². The summed E-state index contributed by atoms with van der Waals surface area (Å²) in [4.78, 5) is 23.4. The summed E-state index contributed by atoms with van der Waals surface area (Å²) in [5.41, 5.74) is 1.34. The van der Waals surface area contributed by atoms with E-state index in [1.165, 1.54) is 30.7 Å². The van der Waals surface area contributed by atoms with Crippen LogP contribution in [0.4, 0.5) is 14.6 Å². The maximum absolute atomic E-state index is 12.8. The smallest absolute Gasteiger partial charge is 0.319 e. The first kappa shape index (κ1) is 22.6. The zero-order valence-electron chi connectivity index (χ0n) is 18.3. The highest BCUT2D eigenvalue weighted by Gasteiger charge is 2.16. The Labute approximate surface area is 190 Å². The van der Waals surface area contributed by atoms with E-state index in [0.717, 1.165) is 37.4 Å². The van der Waals surface area contributed by atoms with Gasteiger partial charge in [0.1, 0.15) is 5.82 Å². The molecule has 1 saturated heterocycles. The van der Waals surface area contributed by atoms with Crippen molar-refractivity contribution in [1.29, 1.82) is 0 Å². The summed E-state index contributed by atoms with van der Waals surface area (Å²) < 4.78 is 36.5. The van der Waals surface area contributed by atoms with E-state index in [4.69, 9.17) is 9.26 Å². The molecule has 0 radical (unpaired) electrons. The third-order valence-electron chi connectivity index (χ3n) is 5.29. The van der Waals surface area contributed by atoms with E-state index in [2.05, 4.69) is 25.3 Å². The number of aromatic nitrogens is 3. The maximum atomic E-state index is 12.8. The Bertz CT molecular complexity index is 1100. The second-order valence-electron chi connectivity index (χ2n) is 7.89. The number of anilines is 1. The van der Waals surface area contributed by atoms with Gasteiger partial charge in [0, 0.05) is 43.0 Å². The number of rotatable bonds is 8. The molecule has 0 bridgehead atoms. The van der Waals surface area contributed by atoms with Gasteiger partial charge in [0.15, 0.2) is 18.1 Å². The quantitative estimate of drug-likeness (QED) is 0.542. The number of carbonyl (C=O) groups excluding carboxylic acids is 1. The number of piperidine rings is 1. The van der Waals surface area contributed by atoms with Crippen LogP contribution in [-0.4, -0.2) is 34.1 Å². The van der Waals surface area contributed by atoms with Gasteiger partial charge in [-0.15, -0.1) is 0 Å². The number of alkyl halides is 2. The summed E-state index contributed by atoms with van der Waals surface area (Å²) in [5, 5.41) is 6.40. The third-order valence-corrected chi connectivity index (χ3v) is 5.29. The molecule has 1 aromatic carbocycles. The molecule has 2 aromatic heterocycles. The van der Waals surface area contributed by atoms with E-state index >= 15 is 0 Å². The molecule has 0 saturated carbocycles. The van der Waals surface area contributed by atoms with E-state index in [9.17, 15) is 13.6 Å². The lowest BCUT2D eigenvalue weighted by atomic mass is 10.1. The van der Waals surface area contributed by atoms with Crippen molar-refractivity contribution in [3.05, 3.63) is 64.7 Å². The summed E-state index contributed by atoms with van der Waals surface area (Å²) in [5.74, 6) is 0.696. The molecule has 1 amide bonds. The number of carbonyl (C=O) groups is 1. The highest BCUT2D eigenvalue weighted by molar-refractivity contribution is 5.92. The average Bonchev–Trinajstić information content (AvgIpc) is 3.31. The number of ether oxygens (including phenoxy) is 1. The Morgan fingerprint density at radius 3 is 2.79 bits per heavy atom. The Kier molecular flexibility index (Phi) is 7.11. The standard InChI is InChI=1S/C23H25F2N5O3/c1-15-10-20(30-8-3-2-4-9-30)28-23(27-15)32-14-18-12-19(29-33-18)22(31)26-13-16-6-5-7-17(11-16)21(24)25/h5-7,10-12,21H,2-4,8-9,13-14H2,1H3,(H,26,31). The van der Waals surface area contributed by atoms with Crippen LogP contribution in [0.15, 0.2) is 40.9 Å². The summed E-state index contributed by atoms with van der Waals surface area (Å²) in [6.07, 6.45) is 0.944. The lowest BCUT2D eigenvalue weighted by molar-refractivity contribution is 0.0941. The lowest BCUT2D eigenvalue weighted by Crippen LogP contribution is -2.30. The third kappa shape index (κ3) is 6.03. The Morgan fingerprint density at radius 2 is 2.00 bits per heavy atom. The number of benzene rings is 1. The fourth-order valence-electron chi connectivity index (χ4n) is 3.61. The first-order chi connectivity index (χ1) is 16.0. The number of hydrogen-bond donors (Lipinski definition) is 1. The second-order valence-corrected chi connectivity index (χ2v) is 7.89. The summed E-state index contributed by atoms with van der Waals surface area (Å²) in [6.45, 7) is 3.91. The second kappa shape index (κ2) is 10.4. The van der Waals surface area contributed by atoms with Gasteiger partial charge in [0.25, 0.3) is 12.3 Å². The molecule has 3 aromatic rings. The van der Waals surface area contributed by atoms with Crippen LogP contribution < -0.4 is 15.0 Å². The van der Waals surface area contributed by atoms with Crippen LogP contribution in [-0.2, 0) is 13.2 Å². The predicted octanol–water partition coefficient (Wildman–Crippen LogP) is 4.21. The van der Waals surface area contributed by atoms with Crippen molar-refractivity contribution < 1.29 is 22.8 Å². The maximum Gasteiger partial charge on any atom is 0.319 e. The summed E-state index contributed by atoms with van der Waals surface area (Å²) in [6, 6.07) is 9.52. The minimum Gasteiger partial charge on any atom is -0.455 e. The summed E-state index contributed by atoms with van der Waals surface area (Å²) in [7, 11) is 0. The van der Waals surface area contributed by atoms with Gasteiger partial charge in [-0.1, -0.05) is 23.4 Å². The molecule has 1 aliphatic heterocycles. The van der Waals surface area contributed by atoms with Crippen LogP contribution in [0.5, 0.6) is 6.01 Å². The number of halogens is 2. The minimum atomic E-state index is -2.56. The predicted molar refractivity (Wildman–Crippen MR) is 116 cm³/mol. The number of hydrogen-bond acceptors (Lipinski definition) is 7. The molecular weight excluding hydrogens is 432 g/mol. The van der Waals surface area contributed by atoms with Crippen LogP contribution in [0, 0.1) is 6.92 Å². The molecule has 10 heteroatoms. The van der Waals surface area contributed by atoms with Crippen LogP contribution in [0.1, 0.15) is 58.8 Å². The molecular formula is C23H25F2N5O3. The first-order valence-electron chi connectivity index (χ1n) is 10.8. The van der Waals surface area contributed by atoms with E-state index in [1.54, 1.807) is 6.07 Å². The lowest BCUT2D eigenvalue weighted by Gasteiger charge is -2.27. The van der Waals surface area contributed by atoms with Gasteiger partial charge in [-0.25, -0.2) is 13.8 Å². The van der Waals surface area contributed by atoms with E-state index in [-0.39, 0.29) is 30.4 Å². The molecule has 33 heavy (non-hydrogen) atoms. The van der Waals surface area contributed by atoms with Crippen molar-refractivity contribution >= 4 is 11.7 Å². The van der Waals surface area contributed by atoms with Crippen molar-refractivity contribution in [3.8, 4) is 6.01 Å². The summed E-state index contributed by atoms with van der Waals surface area (Å²) >= 11 is 0. The van der Waals surface area contributed by atoms with Crippen molar-refractivity contribution in [2.75, 3.05) is 18.0 Å². The fraction of sp³-hybridized carbons (Fsp3) is 0.391. The SMILES string of the molecule is Cc1cc(N2CCCCC2)nc(OCc2cc(C(=O)NCc3cccc(C(F)F)c3)no2)n1. The van der Waals surface area contributed by atoms with Gasteiger partial charge < -0.3 is 19.5 Å². The molecule has 0 unspecified atom stereocenters. The van der Waals surface area contributed by atoms with E-state index < -0.39 is 12.3 Å². The van der Waals surface area contributed by atoms with Crippen molar-refractivity contribution in [2.24, 2.45) is 0 Å². The highest BCUT2D eigenvalue weighted by Crippen LogP contribution is 2.21. The van der Waals surface area contributed by atoms with Gasteiger partial charge in [-0.2, -0.15) is 4.98 Å². The topological polar surface area (TPSA) is 93.4 Å². The number of aryl methyl sites for hydroxylation is 1. The van der Waals surface area contributed by atoms with Crippen molar-refractivity contribution in [3.63, 3.8) is 0 Å². The zero-order chi connectivity index (χ0) is 23.2. The number of nitrogens with one attached hydrogen (secondary N) is 1.